The van der Waals surface area contributed by atoms with Gasteiger partial charge in [0.25, 0.3) is 10.0 Å². The van der Waals surface area contributed by atoms with Crippen LogP contribution in [0.3, 0.4) is 0 Å². The predicted octanol–water partition coefficient (Wildman–Crippen LogP) is 2.80. The maximum Gasteiger partial charge on any atom is 0.263 e. The lowest BCUT2D eigenvalue weighted by atomic mass is 10.3. The molecule has 7 heteroatoms. The number of benzene rings is 1. The number of nitrogens with one attached hydrogen (secondary N) is 1. The van der Waals surface area contributed by atoms with Crippen LogP contribution in [-0.2, 0) is 23.2 Å². The molecule has 0 bridgehead atoms. The number of anilines is 1. The Bertz CT molecular complexity index is 726. The first kappa shape index (κ1) is 16.3. The molecule has 0 fully saturated rings. The van der Waals surface area contributed by atoms with Crippen LogP contribution in [0, 0.1) is 3.57 Å². The molecule has 0 aliphatic heterocycles. The highest BCUT2D eigenvalue weighted by Crippen LogP contribution is 2.22. The van der Waals surface area contributed by atoms with Crippen molar-refractivity contribution in [3.63, 3.8) is 0 Å². The van der Waals surface area contributed by atoms with Crippen molar-refractivity contribution in [1.29, 1.82) is 0 Å². The summed E-state index contributed by atoms with van der Waals surface area (Å²) in [7, 11) is -3.65. The molecule has 21 heavy (non-hydrogen) atoms. The van der Waals surface area contributed by atoms with E-state index in [4.69, 9.17) is 0 Å². The highest BCUT2D eigenvalue weighted by molar-refractivity contribution is 14.1. The van der Waals surface area contributed by atoms with Gasteiger partial charge in [-0.05, 0) is 47.2 Å². The second-order valence-electron chi connectivity index (χ2n) is 4.60. The molecule has 0 saturated heterocycles. The van der Waals surface area contributed by atoms with Crippen molar-refractivity contribution in [3.8, 4) is 0 Å². The fourth-order valence-corrected chi connectivity index (χ4v) is 3.85. The Morgan fingerprint density at radius 1 is 1.33 bits per heavy atom. The number of aliphatic hydroxyl groups excluding tert-OH is 1. The third-order valence-electron chi connectivity index (χ3n) is 3.02. The third kappa shape index (κ3) is 3.78. The Hall–Kier alpha value is -1.06. The van der Waals surface area contributed by atoms with Crippen molar-refractivity contribution < 1.29 is 13.5 Å². The second kappa shape index (κ2) is 6.80. The van der Waals surface area contributed by atoms with Gasteiger partial charge in [-0.15, -0.1) is 0 Å². The number of hydrogen-bond donors (Lipinski definition) is 2. The summed E-state index contributed by atoms with van der Waals surface area (Å²) in [4.78, 5) is 0.166. The van der Waals surface area contributed by atoms with Crippen LogP contribution >= 0.6 is 22.6 Å². The van der Waals surface area contributed by atoms with Gasteiger partial charge in [0.05, 0.1) is 12.3 Å². The van der Waals surface area contributed by atoms with E-state index in [-0.39, 0.29) is 11.5 Å². The minimum Gasteiger partial charge on any atom is -0.390 e. The van der Waals surface area contributed by atoms with Crippen LogP contribution in [0.4, 0.5) is 5.69 Å². The van der Waals surface area contributed by atoms with Crippen molar-refractivity contribution in [2.45, 2.75) is 31.4 Å². The lowest BCUT2D eigenvalue weighted by molar-refractivity contribution is 0.270. The molecular formula is C14H17IN2O3S. The lowest BCUT2D eigenvalue weighted by Crippen LogP contribution is -2.13. The zero-order valence-electron chi connectivity index (χ0n) is 11.6. The number of halogens is 1. The zero-order chi connectivity index (χ0) is 15.5. The highest BCUT2D eigenvalue weighted by atomic mass is 127. The van der Waals surface area contributed by atoms with Gasteiger partial charge < -0.3 is 9.67 Å². The van der Waals surface area contributed by atoms with Gasteiger partial charge >= 0.3 is 0 Å². The number of aromatic nitrogens is 1. The molecule has 2 aromatic rings. The van der Waals surface area contributed by atoms with Gasteiger partial charge in [-0.25, -0.2) is 8.42 Å². The Kier molecular flexibility index (Phi) is 5.28. The first-order valence-corrected chi connectivity index (χ1v) is 9.11. The molecule has 5 nitrogen and oxygen atoms in total. The van der Waals surface area contributed by atoms with E-state index in [2.05, 4.69) is 27.3 Å². The van der Waals surface area contributed by atoms with Gasteiger partial charge in [-0.2, -0.15) is 0 Å². The summed E-state index contributed by atoms with van der Waals surface area (Å²) in [5.74, 6) is 0. The molecule has 0 saturated carbocycles. The minimum atomic E-state index is -3.65. The van der Waals surface area contributed by atoms with Crippen molar-refractivity contribution in [1.82, 2.24) is 4.57 Å². The van der Waals surface area contributed by atoms with E-state index < -0.39 is 10.0 Å². The van der Waals surface area contributed by atoms with Crippen LogP contribution in [-0.4, -0.2) is 18.1 Å². The van der Waals surface area contributed by atoms with E-state index in [0.29, 0.717) is 17.9 Å². The average molecular weight is 420 g/mol. The molecule has 0 atom stereocenters. The summed E-state index contributed by atoms with van der Waals surface area (Å²) >= 11 is 2.08. The van der Waals surface area contributed by atoms with E-state index in [1.54, 1.807) is 22.9 Å². The second-order valence-corrected chi connectivity index (χ2v) is 7.45. The van der Waals surface area contributed by atoms with E-state index >= 15 is 0 Å². The van der Waals surface area contributed by atoms with Gasteiger partial charge in [-0.3, -0.25) is 4.72 Å². The largest absolute Gasteiger partial charge is 0.390 e. The van der Waals surface area contributed by atoms with Gasteiger partial charge in [-0.1, -0.05) is 19.1 Å². The van der Waals surface area contributed by atoms with Crippen LogP contribution in [0.25, 0.3) is 0 Å². The van der Waals surface area contributed by atoms with Crippen LogP contribution in [0.15, 0.2) is 41.4 Å². The standard InChI is InChI=1S/C14H17IN2O3S/c1-2-7-17-9-12(8-11(17)10-18)21(19,20)16-14-6-4-3-5-13(14)15/h3-6,8-9,16,18H,2,7,10H2,1H3. The third-order valence-corrected chi connectivity index (χ3v) is 5.29. The number of rotatable bonds is 6. The van der Waals surface area contributed by atoms with Crippen molar-refractivity contribution in [2.24, 2.45) is 0 Å². The van der Waals surface area contributed by atoms with Crippen molar-refractivity contribution in [3.05, 3.63) is 45.8 Å². The molecule has 0 radical (unpaired) electrons. The SMILES string of the molecule is CCCn1cc(S(=O)(=O)Nc2ccccc2I)cc1CO. The Morgan fingerprint density at radius 2 is 2.05 bits per heavy atom. The Balaban J connectivity index is 2.34. The molecule has 2 rings (SSSR count). The summed E-state index contributed by atoms with van der Waals surface area (Å²) in [6.45, 7) is 2.49. The summed E-state index contributed by atoms with van der Waals surface area (Å²) in [5, 5.41) is 9.32. The Labute approximate surface area is 138 Å². The fraction of sp³-hybridized carbons (Fsp3) is 0.286. The van der Waals surface area contributed by atoms with Gasteiger partial charge in [0.1, 0.15) is 4.90 Å². The number of hydrogen-bond acceptors (Lipinski definition) is 3. The normalized spacial score (nSPS) is 11.6. The molecule has 114 valence electrons. The monoisotopic (exact) mass is 420 g/mol. The summed E-state index contributed by atoms with van der Waals surface area (Å²) in [5.41, 5.74) is 1.15. The fourth-order valence-electron chi connectivity index (χ4n) is 2.00. The van der Waals surface area contributed by atoms with Crippen LogP contribution in [0.1, 0.15) is 19.0 Å². The number of para-hydroxylation sites is 1. The molecule has 1 heterocycles. The van der Waals surface area contributed by atoms with Crippen molar-refractivity contribution in [2.75, 3.05) is 4.72 Å². The maximum atomic E-state index is 12.4. The minimum absolute atomic E-state index is 0.166. The van der Waals surface area contributed by atoms with Crippen LogP contribution in [0.5, 0.6) is 0 Å². The molecule has 2 N–H and O–H groups in total. The highest BCUT2D eigenvalue weighted by Gasteiger charge is 2.19. The molecule has 0 amide bonds. The first-order valence-electron chi connectivity index (χ1n) is 6.55. The molecule has 0 unspecified atom stereocenters. The molecule has 1 aromatic carbocycles. The van der Waals surface area contributed by atoms with E-state index in [0.717, 1.165) is 9.99 Å². The van der Waals surface area contributed by atoms with E-state index in [1.807, 2.05) is 19.1 Å². The lowest BCUT2D eigenvalue weighted by Gasteiger charge is -2.08. The Morgan fingerprint density at radius 3 is 2.67 bits per heavy atom. The molecule has 0 spiro atoms. The van der Waals surface area contributed by atoms with E-state index in [9.17, 15) is 13.5 Å². The topological polar surface area (TPSA) is 71.3 Å². The number of aryl methyl sites for hydroxylation is 1. The van der Waals surface area contributed by atoms with Gasteiger partial charge in [0.15, 0.2) is 0 Å². The molecule has 1 aromatic heterocycles. The molecular weight excluding hydrogens is 403 g/mol. The molecule has 0 aliphatic rings. The zero-order valence-corrected chi connectivity index (χ0v) is 14.6. The number of sulfonamides is 1. The quantitative estimate of drug-likeness (QED) is 0.707. The average Bonchev–Trinajstić information content (AvgIpc) is 2.86. The van der Waals surface area contributed by atoms with Crippen LogP contribution < -0.4 is 4.72 Å². The van der Waals surface area contributed by atoms with Gasteiger partial charge in [0, 0.05) is 22.0 Å². The smallest absolute Gasteiger partial charge is 0.263 e. The summed E-state index contributed by atoms with van der Waals surface area (Å²) < 4.78 is 30.0. The summed E-state index contributed by atoms with van der Waals surface area (Å²) in [6, 6.07) is 8.69. The van der Waals surface area contributed by atoms with Crippen LogP contribution in [0.2, 0.25) is 0 Å². The number of aliphatic hydroxyl groups is 1. The summed E-state index contributed by atoms with van der Waals surface area (Å²) in [6.07, 6.45) is 2.43. The maximum absolute atomic E-state index is 12.4. The molecule has 0 aliphatic carbocycles. The number of nitrogens with zero attached hydrogens (tertiary/aromatic N) is 1. The van der Waals surface area contributed by atoms with Gasteiger partial charge in [0.2, 0.25) is 0 Å². The van der Waals surface area contributed by atoms with Crippen molar-refractivity contribution >= 4 is 38.3 Å². The first-order chi connectivity index (χ1) is 9.97. The predicted molar refractivity (Wildman–Crippen MR) is 90.6 cm³/mol. The van der Waals surface area contributed by atoms with E-state index in [1.165, 1.54) is 6.07 Å².